The van der Waals surface area contributed by atoms with Crippen molar-refractivity contribution in [3.05, 3.63) is 72.3 Å². The SMILES string of the molecule is CC(C(=O)N(C)Cc1ccccc1)N1c2cccc3cccc(c23)S1(=O)=O. The fourth-order valence-corrected chi connectivity index (χ4v) is 5.55. The lowest BCUT2D eigenvalue weighted by molar-refractivity contribution is -0.131. The number of hydrogen-bond acceptors (Lipinski definition) is 3. The minimum absolute atomic E-state index is 0.243. The lowest BCUT2D eigenvalue weighted by Gasteiger charge is -2.29. The number of rotatable bonds is 4. The van der Waals surface area contributed by atoms with Crippen LogP contribution in [0.1, 0.15) is 12.5 Å². The van der Waals surface area contributed by atoms with Gasteiger partial charge in [-0.3, -0.25) is 9.10 Å². The Labute approximate surface area is 158 Å². The summed E-state index contributed by atoms with van der Waals surface area (Å²) in [6.07, 6.45) is 0. The molecule has 0 N–H and O–H groups in total. The van der Waals surface area contributed by atoms with Crippen LogP contribution in [-0.2, 0) is 21.4 Å². The Balaban J connectivity index is 1.69. The molecular weight excluding hydrogens is 360 g/mol. The minimum Gasteiger partial charge on any atom is -0.340 e. The van der Waals surface area contributed by atoms with Crippen LogP contribution in [0.4, 0.5) is 5.69 Å². The molecule has 138 valence electrons. The molecule has 0 aromatic heterocycles. The Kier molecular flexibility index (Phi) is 4.15. The number of nitrogens with zero attached hydrogens (tertiary/aromatic N) is 2. The molecule has 0 fully saturated rings. The number of amides is 1. The molecule has 5 nitrogen and oxygen atoms in total. The predicted molar refractivity (Wildman–Crippen MR) is 106 cm³/mol. The van der Waals surface area contributed by atoms with Gasteiger partial charge >= 0.3 is 0 Å². The number of benzene rings is 3. The second kappa shape index (κ2) is 6.39. The van der Waals surface area contributed by atoms with E-state index in [-0.39, 0.29) is 10.8 Å². The maximum absolute atomic E-state index is 13.1. The van der Waals surface area contributed by atoms with Crippen molar-refractivity contribution in [1.29, 1.82) is 0 Å². The van der Waals surface area contributed by atoms with Crippen LogP contribution in [0.15, 0.2) is 71.6 Å². The third-order valence-electron chi connectivity index (χ3n) is 4.97. The Bertz CT molecular complexity index is 1120. The van der Waals surface area contributed by atoms with Crippen molar-refractivity contribution in [2.24, 2.45) is 0 Å². The Morgan fingerprint density at radius 1 is 1.00 bits per heavy atom. The lowest BCUT2D eigenvalue weighted by Crippen LogP contribution is -2.47. The first-order valence-electron chi connectivity index (χ1n) is 8.76. The van der Waals surface area contributed by atoms with Crippen LogP contribution < -0.4 is 4.31 Å². The summed E-state index contributed by atoms with van der Waals surface area (Å²) in [7, 11) is -2.07. The molecule has 1 amide bonds. The van der Waals surface area contributed by atoms with E-state index in [0.717, 1.165) is 10.9 Å². The predicted octanol–water partition coefficient (Wildman–Crippen LogP) is 3.40. The van der Waals surface area contributed by atoms with Gasteiger partial charge in [0, 0.05) is 19.0 Å². The Morgan fingerprint density at radius 3 is 2.37 bits per heavy atom. The maximum Gasteiger partial charge on any atom is 0.265 e. The van der Waals surface area contributed by atoms with Crippen LogP contribution in [0.3, 0.4) is 0 Å². The normalized spacial score (nSPS) is 15.7. The number of anilines is 1. The van der Waals surface area contributed by atoms with Gasteiger partial charge in [0.15, 0.2) is 0 Å². The summed E-state index contributed by atoms with van der Waals surface area (Å²) < 4.78 is 27.6. The van der Waals surface area contributed by atoms with Gasteiger partial charge in [-0.15, -0.1) is 0 Å². The average molecular weight is 380 g/mol. The molecule has 3 aromatic carbocycles. The van der Waals surface area contributed by atoms with Crippen molar-refractivity contribution in [1.82, 2.24) is 4.90 Å². The van der Waals surface area contributed by atoms with E-state index in [4.69, 9.17) is 0 Å². The molecular formula is C21H20N2O3S. The van der Waals surface area contributed by atoms with Gasteiger partial charge < -0.3 is 4.90 Å². The Hall–Kier alpha value is -2.86. The molecule has 0 spiro atoms. The van der Waals surface area contributed by atoms with Gasteiger partial charge in [-0.2, -0.15) is 0 Å². The van der Waals surface area contributed by atoms with Crippen LogP contribution in [0.25, 0.3) is 10.8 Å². The quantitative estimate of drug-likeness (QED) is 0.697. The van der Waals surface area contributed by atoms with Crippen molar-refractivity contribution >= 4 is 32.4 Å². The van der Waals surface area contributed by atoms with Gasteiger partial charge in [-0.25, -0.2) is 8.42 Å². The first-order chi connectivity index (χ1) is 12.9. The highest BCUT2D eigenvalue weighted by molar-refractivity contribution is 7.93. The first-order valence-corrected chi connectivity index (χ1v) is 10.2. The molecule has 3 aromatic rings. The van der Waals surface area contributed by atoms with Gasteiger partial charge in [0.25, 0.3) is 10.0 Å². The van der Waals surface area contributed by atoms with Gasteiger partial charge in [-0.1, -0.05) is 54.6 Å². The topological polar surface area (TPSA) is 57.7 Å². The van der Waals surface area contributed by atoms with Crippen molar-refractivity contribution < 1.29 is 13.2 Å². The molecule has 1 aliphatic rings. The highest BCUT2D eigenvalue weighted by Gasteiger charge is 2.41. The summed E-state index contributed by atoms with van der Waals surface area (Å²) in [5.41, 5.74) is 1.56. The van der Waals surface area contributed by atoms with Crippen LogP contribution >= 0.6 is 0 Å². The van der Waals surface area contributed by atoms with Gasteiger partial charge in [0.2, 0.25) is 5.91 Å². The summed E-state index contributed by atoms with van der Waals surface area (Å²) in [6, 6.07) is 19.5. The zero-order chi connectivity index (χ0) is 19.2. The summed E-state index contributed by atoms with van der Waals surface area (Å²) in [5.74, 6) is -0.243. The zero-order valence-corrected chi connectivity index (χ0v) is 16.0. The van der Waals surface area contributed by atoms with Crippen LogP contribution in [-0.4, -0.2) is 32.3 Å². The highest BCUT2D eigenvalue weighted by Crippen LogP contribution is 2.43. The van der Waals surface area contributed by atoms with Gasteiger partial charge in [0.05, 0.1) is 10.6 Å². The fraction of sp³-hybridized carbons (Fsp3) is 0.190. The summed E-state index contributed by atoms with van der Waals surface area (Å²) >= 11 is 0. The van der Waals surface area contributed by atoms with E-state index in [1.165, 1.54) is 4.31 Å². The standard InChI is InChI=1S/C21H20N2O3S/c1-15(21(24)22(2)14-16-8-4-3-5-9-16)23-18-12-6-10-17-11-7-13-19(20(17)18)27(23,25)26/h3-13,15H,14H2,1-2H3. The summed E-state index contributed by atoms with van der Waals surface area (Å²) in [6.45, 7) is 2.07. The lowest BCUT2D eigenvalue weighted by atomic mass is 10.1. The fourth-order valence-electron chi connectivity index (χ4n) is 3.69. The van der Waals surface area contributed by atoms with E-state index >= 15 is 0 Å². The van der Waals surface area contributed by atoms with Crippen molar-refractivity contribution in [2.45, 2.75) is 24.4 Å². The molecule has 1 atom stereocenters. The van der Waals surface area contributed by atoms with Crippen LogP contribution in [0, 0.1) is 0 Å². The zero-order valence-electron chi connectivity index (χ0n) is 15.2. The van der Waals surface area contributed by atoms with E-state index in [0.29, 0.717) is 17.6 Å². The Morgan fingerprint density at radius 2 is 1.67 bits per heavy atom. The van der Waals surface area contributed by atoms with Crippen molar-refractivity contribution in [3.8, 4) is 0 Å². The minimum atomic E-state index is -3.76. The number of hydrogen-bond donors (Lipinski definition) is 0. The van der Waals surface area contributed by atoms with E-state index in [1.54, 1.807) is 37.1 Å². The van der Waals surface area contributed by atoms with Crippen molar-refractivity contribution in [3.63, 3.8) is 0 Å². The van der Waals surface area contributed by atoms with E-state index < -0.39 is 16.1 Å². The highest BCUT2D eigenvalue weighted by atomic mass is 32.2. The number of sulfonamides is 1. The molecule has 0 aliphatic carbocycles. The molecule has 6 heteroatoms. The molecule has 1 heterocycles. The third-order valence-corrected chi connectivity index (χ3v) is 6.89. The van der Waals surface area contributed by atoms with E-state index in [9.17, 15) is 13.2 Å². The molecule has 0 radical (unpaired) electrons. The molecule has 27 heavy (non-hydrogen) atoms. The monoisotopic (exact) mass is 380 g/mol. The molecule has 0 bridgehead atoms. The number of likely N-dealkylation sites (N-methyl/N-ethyl adjacent to an activating group) is 1. The van der Waals surface area contributed by atoms with Crippen LogP contribution in [0.2, 0.25) is 0 Å². The second-order valence-electron chi connectivity index (χ2n) is 6.79. The maximum atomic E-state index is 13.1. The number of carbonyl (C=O) groups is 1. The smallest absolute Gasteiger partial charge is 0.265 e. The van der Waals surface area contributed by atoms with E-state index in [1.807, 2.05) is 48.5 Å². The summed E-state index contributed by atoms with van der Waals surface area (Å²) in [5, 5.41) is 1.54. The molecule has 1 aliphatic heterocycles. The third kappa shape index (κ3) is 2.77. The summed E-state index contributed by atoms with van der Waals surface area (Å²) in [4.78, 5) is 14.8. The number of carbonyl (C=O) groups excluding carboxylic acids is 1. The molecule has 0 saturated carbocycles. The molecule has 0 saturated heterocycles. The average Bonchev–Trinajstić information content (AvgIpc) is 2.90. The van der Waals surface area contributed by atoms with Crippen LogP contribution in [0.5, 0.6) is 0 Å². The van der Waals surface area contributed by atoms with Crippen molar-refractivity contribution in [2.75, 3.05) is 11.4 Å². The largest absolute Gasteiger partial charge is 0.340 e. The first kappa shape index (κ1) is 17.5. The second-order valence-corrected chi connectivity index (χ2v) is 8.57. The molecule has 4 rings (SSSR count). The van der Waals surface area contributed by atoms with Gasteiger partial charge in [-0.05, 0) is 30.0 Å². The molecule has 1 unspecified atom stereocenters. The van der Waals surface area contributed by atoms with E-state index in [2.05, 4.69) is 0 Å². The van der Waals surface area contributed by atoms with Gasteiger partial charge in [0.1, 0.15) is 6.04 Å².